The Morgan fingerprint density at radius 2 is 1.85 bits per heavy atom. The lowest BCUT2D eigenvalue weighted by Gasteiger charge is -2.39. The number of benzene rings is 1. The minimum atomic E-state index is -0.221. The molecule has 2 N–H and O–H groups in total. The summed E-state index contributed by atoms with van der Waals surface area (Å²) < 4.78 is 22.1. The molecule has 2 saturated heterocycles. The molecule has 0 aliphatic carbocycles. The van der Waals surface area contributed by atoms with E-state index in [1.807, 2.05) is 12.1 Å². The van der Waals surface area contributed by atoms with Crippen molar-refractivity contribution in [3.8, 4) is 22.8 Å². The van der Waals surface area contributed by atoms with Crippen LogP contribution in [0.2, 0.25) is 10.0 Å². The fourth-order valence-electron chi connectivity index (χ4n) is 4.93. The highest BCUT2D eigenvalue weighted by Crippen LogP contribution is 2.46. The first-order valence-electron chi connectivity index (χ1n) is 12.8. The minimum Gasteiger partial charge on any atom is -0.495 e. The van der Waals surface area contributed by atoms with Crippen LogP contribution in [0.25, 0.3) is 22.0 Å². The summed E-state index contributed by atoms with van der Waals surface area (Å²) in [4.78, 5) is 23.8. The maximum absolute atomic E-state index is 12.0. The topological polar surface area (TPSA) is 107 Å². The van der Waals surface area contributed by atoms with Crippen molar-refractivity contribution >= 4 is 51.5 Å². The Hall–Kier alpha value is -3.31. The molecule has 3 aromatic rings. The van der Waals surface area contributed by atoms with Gasteiger partial charge >= 0.3 is 0 Å². The quantitative estimate of drug-likeness (QED) is 0.354. The number of carbonyl (C=O) groups excluding carboxylic acids is 1. The van der Waals surface area contributed by atoms with Crippen molar-refractivity contribution in [1.29, 1.82) is 0 Å². The Bertz CT molecular complexity index is 1400. The summed E-state index contributed by atoms with van der Waals surface area (Å²) in [6.45, 7) is 5.92. The number of aromatic nitrogens is 2. The summed E-state index contributed by atoms with van der Waals surface area (Å²) in [7, 11) is 4.77. The smallest absolute Gasteiger partial charge is 0.243 e. The van der Waals surface area contributed by atoms with Gasteiger partial charge in [0, 0.05) is 55.4 Å². The van der Waals surface area contributed by atoms with Crippen LogP contribution in [0.1, 0.15) is 6.42 Å². The molecule has 0 unspecified atom stereocenters. The van der Waals surface area contributed by atoms with Crippen LogP contribution < -0.4 is 25.0 Å². The van der Waals surface area contributed by atoms with Gasteiger partial charge < -0.3 is 34.5 Å². The third kappa shape index (κ3) is 5.49. The third-order valence-electron chi connectivity index (χ3n) is 7.21. The molecule has 212 valence electrons. The van der Waals surface area contributed by atoms with Crippen LogP contribution in [0, 0.1) is 0 Å². The van der Waals surface area contributed by atoms with Crippen LogP contribution in [-0.4, -0.2) is 81.7 Å². The van der Waals surface area contributed by atoms with E-state index in [1.165, 1.54) is 20.3 Å². The van der Waals surface area contributed by atoms with Crippen LogP contribution in [0.15, 0.2) is 37.1 Å². The average molecular weight is 588 g/mol. The van der Waals surface area contributed by atoms with E-state index in [4.69, 9.17) is 47.1 Å². The van der Waals surface area contributed by atoms with E-state index >= 15 is 0 Å². The summed E-state index contributed by atoms with van der Waals surface area (Å²) in [5.74, 6) is 2.02. The molecule has 1 amide bonds. The second-order valence-corrected chi connectivity index (χ2v) is 10.4. The Morgan fingerprint density at radius 1 is 1.12 bits per heavy atom. The molecule has 1 aromatic carbocycles. The highest BCUT2D eigenvalue weighted by molar-refractivity contribution is 6.41. The fourth-order valence-corrected chi connectivity index (χ4v) is 5.63. The summed E-state index contributed by atoms with van der Waals surface area (Å²) in [5, 5.41) is 8.82. The van der Waals surface area contributed by atoms with Crippen LogP contribution >= 0.6 is 23.2 Å². The molecule has 0 bridgehead atoms. The first-order valence-corrected chi connectivity index (χ1v) is 13.6. The van der Waals surface area contributed by atoms with Crippen LogP contribution in [0.5, 0.6) is 11.5 Å². The summed E-state index contributed by atoms with van der Waals surface area (Å²) in [6.07, 6.45) is 3.84. The maximum atomic E-state index is 12.0. The number of fused-ring (bicyclic) bond motifs is 1. The normalized spacial score (nSPS) is 19.2. The molecule has 4 heterocycles. The van der Waals surface area contributed by atoms with Gasteiger partial charge in [-0.1, -0.05) is 29.8 Å². The predicted molar refractivity (Wildman–Crippen MR) is 156 cm³/mol. The van der Waals surface area contributed by atoms with Crippen LogP contribution in [0.4, 0.5) is 11.6 Å². The summed E-state index contributed by atoms with van der Waals surface area (Å²) in [5.41, 5.74) is 1.07. The van der Waals surface area contributed by atoms with Crippen molar-refractivity contribution < 1.29 is 23.7 Å². The number of hydrogen-bond acceptors (Lipinski definition) is 9. The zero-order valence-corrected chi connectivity index (χ0v) is 24.0. The van der Waals surface area contributed by atoms with Gasteiger partial charge in [-0.25, -0.2) is 9.97 Å². The number of ether oxygens (including phenoxy) is 4. The third-order valence-corrected chi connectivity index (χ3v) is 7.96. The van der Waals surface area contributed by atoms with Crippen LogP contribution in [0.3, 0.4) is 0 Å². The first kappa shape index (κ1) is 28.2. The number of halogens is 2. The van der Waals surface area contributed by atoms with Crippen LogP contribution in [-0.2, 0) is 14.3 Å². The molecule has 40 heavy (non-hydrogen) atoms. The molecular formula is C28H31Cl2N5O5. The highest BCUT2D eigenvalue weighted by atomic mass is 35.5. The molecule has 2 aliphatic rings. The van der Waals surface area contributed by atoms with Gasteiger partial charge in [-0.05, 0) is 24.6 Å². The van der Waals surface area contributed by atoms with Gasteiger partial charge in [-0.15, -0.1) is 0 Å². The molecule has 2 aliphatic heterocycles. The number of carbonyl (C=O) groups is 1. The molecule has 0 saturated carbocycles. The lowest BCUT2D eigenvalue weighted by Crippen LogP contribution is -2.52. The van der Waals surface area contributed by atoms with Gasteiger partial charge in [0.15, 0.2) is 0 Å². The average Bonchev–Trinajstić information content (AvgIpc) is 2.94. The van der Waals surface area contributed by atoms with Crippen molar-refractivity contribution in [1.82, 2.24) is 15.3 Å². The van der Waals surface area contributed by atoms with Gasteiger partial charge in [-0.3, -0.25) is 4.79 Å². The number of hydrogen-bond donors (Lipinski definition) is 2. The number of methoxy groups -OCH3 is 3. The van der Waals surface area contributed by atoms with E-state index in [9.17, 15) is 4.79 Å². The molecule has 0 spiro atoms. The molecule has 5 rings (SSSR count). The fraction of sp³-hybridized carbons (Fsp3) is 0.393. The number of nitrogens with one attached hydrogen (secondary N) is 2. The monoisotopic (exact) mass is 587 g/mol. The van der Waals surface area contributed by atoms with Crippen molar-refractivity contribution in [3.63, 3.8) is 0 Å². The first-order chi connectivity index (χ1) is 19.4. The van der Waals surface area contributed by atoms with Crippen molar-refractivity contribution in [3.05, 3.63) is 47.1 Å². The number of anilines is 2. The number of pyridine rings is 2. The van der Waals surface area contributed by atoms with Gasteiger partial charge in [0.2, 0.25) is 5.91 Å². The SMILES string of the molecule is C=CC(=O)N[C@H]1CCOC[C@H]1Nc1cc2c(N3CC(OC)C3)nc(-c3c(Cl)c(OC)cc(OC)c3Cl)cc2cn1. The molecule has 2 fully saturated rings. The Labute approximate surface area is 242 Å². The van der Waals surface area contributed by atoms with Gasteiger partial charge in [-0.2, -0.15) is 0 Å². The lowest BCUT2D eigenvalue weighted by molar-refractivity contribution is -0.117. The predicted octanol–water partition coefficient (Wildman–Crippen LogP) is 4.33. The molecular weight excluding hydrogens is 557 g/mol. The van der Waals surface area contributed by atoms with Crippen molar-refractivity contribution in [2.24, 2.45) is 0 Å². The molecule has 10 nitrogen and oxygen atoms in total. The minimum absolute atomic E-state index is 0.109. The van der Waals surface area contributed by atoms with E-state index in [0.29, 0.717) is 71.3 Å². The van der Waals surface area contributed by atoms with E-state index in [1.54, 1.807) is 19.4 Å². The second kappa shape index (κ2) is 12.1. The summed E-state index contributed by atoms with van der Waals surface area (Å²) in [6, 6.07) is 5.21. The lowest BCUT2D eigenvalue weighted by atomic mass is 10.0. The zero-order valence-electron chi connectivity index (χ0n) is 22.5. The van der Waals surface area contributed by atoms with E-state index in [0.717, 1.165) is 16.6 Å². The van der Waals surface area contributed by atoms with Crippen molar-refractivity contribution in [2.45, 2.75) is 24.6 Å². The standard InChI is InChI=1S/C28H31Cl2N5O5/c1-5-24(36)33-18-6-7-40-14-20(18)32-23-9-17-15(11-31-23)8-19(34-28(17)35-12-16(13-35)37-2)25-26(29)21(38-3)10-22(39-4)27(25)30/h5,8-11,16,18,20H,1,6-7,12-14H2,2-4H3,(H,31,32)(H,33,36)/t18-,20+/m0/s1. The van der Waals surface area contributed by atoms with Gasteiger partial charge in [0.05, 0.1) is 54.8 Å². The summed E-state index contributed by atoms with van der Waals surface area (Å²) >= 11 is 13.5. The Balaban J connectivity index is 1.57. The molecule has 2 aromatic heterocycles. The number of nitrogens with zero attached hydrogens (tertiary/aromatic N) is 3. The zero-order chi connectivity index (χ0) is 28.4. The van der Waals surface area contributed by atoms with E-state index < -0.39 is 0 Å². The van der Waals surface area contributed by atoms with Gasteiger partial charge in [0.25, 0.3) is 0 Å². The Morgan fingerprint density at radius 3 is 2.50 bits per heavy atom. The highest BCUT2D eigenvalue weighted by Gasteiger charge is 2.31. The van der Waals surface area contributed by atoms with Gasteiger partial charge in [0.1, 0.15) is 23.1 Å². The number of amides is 1. The Kier molecular flexibility index (Phi) is 8.51. The van der Waals surface area contributed by atoms with E-state index in [2.05, 4.69) is 27.1 Å². The maximum Gasteiger partial charge on any atom is 0.243 e. The second-order valence-electron chi connectivity index (χ2n) is 9.60. The van der Waals surface area contributed by atoms with Crippen molar-refractivity contribution in [2.75, 3.05) is 57.8 Å². The molecule has 12 heteroatoms. The molecule has 0 radical (unpaired) electrons. The van der Waals surface area contributed by atoms with E-state index in [-0.39, 0.29) is 24.1 Å². The number of rotatable bonds is 9. The largest absolute Gasteiger partial charge is 0.495 e. The molecule has 2 atom stereocenters.